The van der Waals surface area contributed by atoms with Crippen molar-refractivity contribution in [2.24, 2.45) is 0 Å². The molecule has 5 nitrogen and oxygen atoms in total. The van der Waals surface area contributed by atoms with Crippen molar-refractivity contribution in [1.29, 1.82) is 0 Å². The van der Waals surface area contributed by atoms with Crippen molar-refractivity contribution in [2.45, 2.75) is 38.4 Å². The summed E-state index contributed by atoms with van der Waals surface area (Å²) in [6.45, 7) is 1.38. The normalized spacial score (nSPS) is 16.9. The second-order valence-electron chi connectivity index (χ2n) is 5.84. The Labute approximate surface area is 156 Å². The van der Waals surface area contributed by atoms with Crippen LogP contribution in [0.5, 0.6) is 0 Å². The summed E-state index contributed by atoms with van der Waals surface area (Å²) in [6, 6.07) is 7.61. The number of rotatable bonds is 6. The van der Waals surface area contributed by atoms with Gasteiger partial charge in [-0.3, -0.25) is 4.18 Å². The monoisotopic (exact) mass is 376 g/mol. The Morgan fingerprint density at radius 2 is 1.73 bits per heavy atom. The topological polar surface area (TPSA) is 61.8 Å². The van der Waals surface area contributed by atoms with Crippen LogP contribution in [-0.4, -0.2) is 40.8 Å². The zero-order valence-electron chi connectivity index (χ0n) is 15.0. The van der Waals surface area contributed by atoms with Crippen molar-refractivity contribution in [1.82, 2.24) is 0 Å². The van der Waals surface area contributed by atoms with Gasteiger partial charge >= 0.3 is 0 Å². The van der Waals surface area contributed by atoms with E-state index in [-0.39, 0.29) is 12.9 Å². The van der Waals surface area contributed by atoms with Crippen molar-refractivity contribution in [3.8, 4) is 23.7 Å². The summed E-state index contributed by atoms with van der Waals surface area (Å²) in [5.41, 5.74) is 1.66. The Hall–Kier alpha value is -1.83. The fourth-order valence-corrected chi connectivity index (χ4v) is 2.73. The molecule has 0 amide bonds. The predicted molar refractivity (Wildman–Crippen MR) is 99.8 cm³/mol. The first-order valence-electron chi connectivity index (χ1n) is 8.69. The third-order valence-electron chi connectivity index (χ3n) is 3.57. The summed E-state index contributed by atoms with van der Waals surface area (Å²) in [7, 11) is -3.41. The highest BCUT2D eigenvalue weighted by Gasteiger charge is 2.12. The van der Waals surface area contributed by atoms with Gasteiger partial charge < -0.3 is 9.47 Å². The van der Waals surface area contributed by atoms with Crippen molar-refractivity contribution in [2.75, 3.05) is 26.1 Å². The summed E-state index contributed by atoms with van der Waals surface area (Å²) in [6.07, 6.45) is 5.12. The summed E-state index contributed by atoms with van der Waals surface area (Å²) < 4.78 is 37.6. The molecule has 1 atom stereocenters. The van der Waals surface area contributed by atoms with Gasteiger partial charge in [0.1, 0.15) is 0 Å². The molecule has 0 radical (unpaired) electrons. The molecule has 1 fully saturated rings. The van der Waals surface area contributed by atoms with Gasteiger partial charge in [0.05, 0.1) is 19.5 Å². The van der Waals surface area contributed by atoms with Gasteiger partial charge in [-0.2, -0.15) is 8.42 Å². The minimum Gasteiger partial charge on any atom is -0.353 e. The van der Waals surface area contributed by atoms with E-state index in [1.807, 2.05) is 24.3 Å². The maximum absolute atomic E-state index is 10.9. The highest BCUT2D eigenvalue weighted by atomic mass is 32.2. The fraction of sp³-hybridized carbons (Fsp3) is 0.500. The Bertz CT molecular complexity index is 787. The lowest BCUT2D eigenvalue weighted by atomic mass is 10.1. The van der Waals surface area contributed by atoms with E-state index in [0.29, 0.717) is 19.4 Å². The summed E-state index contributed by atoms with van der Waals surface area (Å²) in [5.74, 6) is 12.1. The molecule has 1 aromatic rings. The molecule has 1 aromatic carbocycles. The van der Waals surface area contributed by atoms with Crippen LogP contribution in [0.4, 0.5) is 0 Å². The molecule has 140 valence electrons. The van der Waals surface area contributed by atoms with Crippen molar-refractivity contribution in [3.05, 3.63) is 35.4 Å². The third-order valence-corrected chi connectivity index (χ3v) is 4.16. The molecule has 26 heavy (non-hydrogen) atoms. The first-order valence-corrected chi connectivity index (χ1v) is 10.5. The van der Waals surface area contributed by atoms with E-state index in [9.17, 15) is 8.42 Å². The summed E-state index contributed by atoms with van der Waals surface area (Å²) in [4.78, 5) is 0. The zero-order valence-corrected chi connectivity index (χ0v) is 15.8. The average Bonchev–Trinajstić information content (AvgIpc) is 2.62. The van der Waals surface area contributed by atoms with Gasteiger partial charge in [-0.1, -0.05) is 35.8 Å². The lowest BCUT2D eigenvalue weighted by Crippen LogP contribution is -2.22. The van der Waals surface area contributed by atoms with E-state index < -0.39 is 10.1 Å². The smallest absolute Gasteiger partial charge is 0.264 e. The standard InChI is InChI=1S/C20H24O5S/c1-26(21,22)25-17-9-5-13-19-11-3-2-10-18(19)12-4-7-15-23-20-14-6-8-16-24-20/h2-3,10-11,20H,6-9,14-17H2,1H3. The first kappa shape index (κ1) is 20.5. The predicted octanol–water partition coefficient (Wildman–Crippen LogP) is 2.69. The van der Waals surface area contributed by atoms with E-state index in [1.165, 1.54) is 0 Å². The van der Waals surface area contributed by atoms with Crippen LogP contribution in [0.3, 0.4) is 0 Å². The molecule has 0 saturated carbocycles. The highest BCUT2D eigenvalue weighted by Crippen LogP contribution is 2.13. The van der Waals surface area contributed by atoms with E-state index in [4.69, 9.17) is 9.47 Å². The van der Waals surface area contributed by atoms with Crippen molar-refractivity contribution >= 4 is 10.1 Å². The van der Waals surface area contributed by atoms with Crippen LogP contribution in [0, 0.1) is 23.7 Å². The van der Waals surface area contributed by atoms with Gasteiger partial charge in [-0.05, 0) is 31.4 Å². The van der Waals surface area contributed by atoms with E-state index in [2.05, 4.69) is 27.9 Å². The van der Waals surface area contributed by atoms with Gasteiger partial charge in [-0.25, -0.2) is 0 Å². The highest BCUT2D eigenvalue weighted by molar-refractivity contribution is 7.85. The van der Waals surface area contributed by atoms with Crippen LogP contribution in [0.15, 0.2) is 24.3 Å². The van der Waals surface area contributed by atoms with Crippen LogP contribution in [0.25, 0.3) is 0 Å². The van der Waals surface area contributed by atoms with Gasteiger partial charge in [0.2, 0.25) is 0 Å². The van der Waals surface area contributed by atoms with Crippen molar-refractivity contribution < 1.29 is 22.1 Å². The second kappa shape index (κ2) is 11.0. The molecular formula is C20H24O5S. The third kappa shape index (κ3) is 8.51. The molecular weight excluding hydrogens is 352 g/mol. The Kier molecular flexibility index (Phi) is 8.67. The van der Waals surface area contributed by atoms with Gasteiger partial charge in [0, 0.05) is 30.6 Å². The van der Waals surface area contributed by atoms with Gasteiger partial charge in [-0.15, -0.1) is 0 Å². The molecule has 2 rings (SSSR count). The van der Waals surface area contributed by atoms with Crippen molar-refractivity contribution in [3.63, 3.8) is 0 Å². The largest absolute Gasteiger partial charge is 0.353 e. The van der Waals surface area contributed by atoms with Crippen LogP contribution in [-0.2, 0) is 23.8 Å². The molecule has 1 unspecified atom stereocenters. The lowest BCUT2D eigenvalue weighted by molar-refractivity contribution is -0.161. The average molecular weight is 376 g/mol. The van der Waals surface area contributed by atoms with E-state index in [0.717, 1.165) is 43.3 Å². The molecule has 0 N–H and O–H groups in total. The van der Waals surface area contributed by atoms with Gasteiger partial charge in [0.25, 0.3) is 10.1 Å². The first-order chi connectivity index (χ1) is 12.5. The van der Waals surface area contributed by atoms with E-state index in [1.54, 1.807) is 0 Å². The molecule has 0 aliphatic carbocycles. The van der Waals surface area contributed by atoms with Crippen LogP contribution < -0.4 is 0 Å². The minimum absolute atomic E-state index is 0.0558. The molecule has 1 heterocycles. The Balaban J connectivity index is 1.81. The second-order valence-corrected chi connectivity index (χ2v) is 7.49. The molecule has 6 heteroatoms. The maximum atomic E-state index is 10.9. The zero-order chi connectivity index (χ0) is 18.7. The fourth-order valence-electron chi connectivity index (χ4n) is 2.34. The van der Waals surface area contributed by atoms with E-state index >= 15 is 0 Å². The van der Waals surface area contributed by atoms with Crippen LogP contribution >= 0.6 is 0 Å². The maximum Gasteiger partial charge on any atom is 0.264 e. The lowest BCUT2D eigenvalue weighted by Gasteiger charge is -2.22. The SMILES string of the molecule is CS(=O)(=O)OCCC#Cc1ccccc1C#CCCOC1CCCCO1. The Morgan fingerprint density at radius 1 is 1.08 bits per heavy atom. The van der Waals surface area contributed by atoms with Gasteiger partial charge in [0.15, 0.2) is 6.29 Å². The molecule has 0 spiro atoms. The molecule has 1 aliphatic heterocycles. The van der Waals surface area contributed by atoms with Crippen LogP contribution in [0.1, 0.15) is 43.2 Å². The molecule has 1 saturated heterocycles. The Morgan fingerprint density at radius 3 is 2.31 bits per heavy atom. The number of ether oxygens (including phenoxy) is 2. The summed E-state index contributed by atoms with van der Waals surface area (Å²) >= 11 is 0. The molecule has 1 aliphatic rings. The quantitative estimate of drug-likeness (QED) is 0.434. The molecule has 0 aromatic heterocycles. The minimum atomic E-state index is -3.41. The summed E-state index contributed by atoms with van der Waals surface area (Å²) in [5, 5.41) is 0. The molecule has 0 bridgehead atoms. The number of benzene rings is 1. The van der Waals surface area contributed by atoms with Crippen LogP contribution in [0.2, 0.25) is 0 Å². The number of hydrogen-bond donors (Lipinski definition) is 0. The number of hydrogen-bond acceptors (Lipinski definition) is 5.